The number of carbonyl (C=O) groups is 2. The Bertz CT molecular complexity index is 980. The molecule has 4 unspecified atom stereocenters. The molecule has 7 heteroatoms. The van der Waals surface area contributed by atoms with Crippen LogP contribution in [0.15, 0.2) is 60.9 Å². The van der Waals surface area contributed by atoms with Gasteiger partial charge in [-0.25, -0.2) is 4.39 Å². The van der Waals surface area contributed by atoms with E-state index in [1.807, 2.05) is 24.3 Å². The maximum absolute atomic E-state index is 14.3. The summed E-state index contributed by atoms with van der Waals surface area (Å²) in [6.45, 7) is 0.553. The number of nitrogens with one attached hydrogen (secondary N) is 1. The van der Waals surface area contributed by atoms with Crippen LogP contribution in [-0.2, 0) is 20.9 Å². The van der Waals surface area contributed by atoms with Gasteiger partial charge in [-0.1, -0.05) is 24.3 Å². The highest BCUT2D eigenvalue weighted by Gasteiger charge is 2.67. The Morgan fingerprint density at radius 1 is 1.29 bits per heavy atom. The van der Waals surface area contributed by atoms with Crippen molar-refractivity contribution in [3.63, 3.8) is 0 Å². The summed E-state index contributed by atoms with van der Waals surface area (Å²) in [5.41, 5.74) is 0.263. The Morgan fingerprint density at radius 2 is 2.07 bits per heavy atom. The Labute approximate surface area is 161 Å². The molecule has 5 rings (SSSR count). The van der Waals surface area contributed by atoms with Crippen molar-refractivity contribution in [1.82, 2.24) is 10.3 Å². The highest BCUT2D eigenvalue weighted by molar-refractivity contribution is 6.03. The van der Waals surface area contributed by atoms with Gasteiger partial charge in [0.15, 0.2) is 0 Å². The average molecular weight is 379 g/mol. The van der Waals surface area contributed by atoms with Crippen LogP contribution >= 0.6 is 0 Å². The van der Waals surface area contributed by atoms with E-state index in [1.54, 1.807) is 30.6 Å². The molecule has 2 saturated heterocycles. The van der Waals surface area contributed by atoms with Crippen molar-refractivity contribution in [2.45, 2.75) is 18.2 Å². The minimum absolute atomic E-state index is 0.207. The molecular weight excluding hydrogens is 361 g/mol. The second-order valence-corrected chi connectivity index (χ2v) is 7.35. The molecule has 4 atom stereocenters. The van der Waals surface area contributed by atoms with E-state index < -0.39 is 29.4 Å². The molecule has 6 nitrogen and oxygen atoms in total. The van der Waals surface area contributed by atoms with E-state index in [0.29, 0.717) is 6.54 Å². The number of amides is 2. The Hall–Kier alpha value is -3.06. The zero-order valence-electron chi connectivity index (χ0n) is 14.9. The Kier molecular flexibility index (Phi) is 3.80. The van der Waals surface area contributed by atoms with E-state index in [1.165, 1.54) is 11.0 Å². The summed E-state index contributed by atoms with van der Waals surface area (Å²) in [6, 6.07) is 9.79. The van der Waals surface area contributed by atoms with Crippen LogP contribution in [0.4, 0.5) is 10.1 Å². The number of pyridine rings is 1. The smallest absolute Gasteiger partial charge is 0.234 e. The molecule has 3 aliphatic rings. The van der Waals surface area contributed by atoms with Gasteiger partial charge in [0.1, 0.15) is 11.4 Å². The fourth-order valence-corrected chi connectivity index (χ4v) is 4.48. The van der Waals surface area contributed by atoms with E-state index in [4.69, 9.17) is 4.74 Å². The topological polar surface area (TPSA) is 71.5 Å². The Balaban J connectivity index is 1.40. The van der Waals surface area contributed by atoms with Crippen molar-refractivity contribution in [3.05, 3.63) is 72.3 Å². The van der Waals surface area contributed by atoms with Crippen molar-refractivity contribution in [2.75, 3.05) is 11.4 Å². The molecule has 1 spiro atoms. The summed E-state index contributed by atoms with van der Waals surface area (Å²) in [7, 11) is 0. The fourth-order valence-electron chi connectivity index (χ4n) is 4.48. The molecule has 3 aliphatic heterocycles. The van der Waals surface area contributed by atoms with Crippen LogP contribution in [0.25, 0.3) is 0 Å². The zero-order valence-corrected chi connectivity index (χ0v) is 14.9. The van der Waals surface area contributed by atoms with Gasteiger partial charge in [-0.3, -0.25) is 14.6 Å². The number of carbonyl (C=O) groups excluding carboxylic acids is 2. The predicted molar refractivity (Wildman–Crippen MR) is 98.6 cm³/mol. The summed E-state index contributed by atoms with van der Waals surface area (Å²) < 4.78 is 20.3. The van der Waals surface area contributed by atoms with E-state index in [2.05, 4.69) is 10.3 Å². The molecule has 1 aromatic heterocycles. The highest BCUT2D eigenvalue weighted by Crippen LogP contribution is 2.52. The van der Waals surface area contributed by atoms with E-state index in [9.17, 15) is 14.0 Å². The summed E-state index contributed by atoms with van der Waals surface area (Å²) in [6.07, 6.45) is 6.58. The molecule has 1 aromatic carbocycles. The molecular formula is C21H18FN3O3. The van der Waals surface area contributed by atoms with Gasteiger partial charge in [-0.15, -0.1) is 0 Å². The van der Waals surface area contributed by atoms with Crippen LogP contribution < -0.4 is 10.2 Å². The first-order valence-electron chi connectivity index (χ1n) is 9.19. The van der Waals surface area contributed by atoms with Gasteiger partial charge in [0.25, 0.3) is 0 Å². The second kappa shape index (κ2) is 6.24. The molecule has 2 fully saturated rings. The summed E-state index contributed by atoms with van der Waals surface area (Å²) in [5.74, 6) is -2.26. The van der Waals surface area contributed by atoms with Gasteiger partial charge in [-0.05, 0) is 29.8 Å². The molecule has 2 bridgehead atoms. The van der Waals surface area contributed by atoms with E-state index in [0.717, 1.165) is 5.56 Å². The molecule has 28 heavy (non-hydrogen) atoms. The first-order chi connectivity index (χ1) is 13.6. The summed E-state index contributed by atoms with van der Waals surface area (Å²) in [4.78, 5) is 31.4. The first-order valence-corrected chi connectivity index (χ1v) is 9.19. The average Bonchev–Trinajstić information content (AvgIpc) is 3.36. The van der Waals surface area contributed by atoms with Gasteiger partial charge < -0.3 is 15.0 Å². The van der Waals surface area contributed by atoms with Crippen LogP contribution in [0.5, 0.6) is 0 Å². The lowest BCUT2D eigenvalue weighted by atomic mass is 9.77. The third kappa shape index (κ3) is 2.46. The van der Waals surface area contributed by atoms with Crippen LogP contribution in [-0.4, -0.2) is 35.0 Å². The molecule has 1 N–H and O–H groups in total. The van der Waals surface area contributed by atoms with Crippen molar-refractivity contribution in [2.24, 2.45) is 11.8 Å². The number of rotatable bonds is 4. The number of fused-ring (bicyclic) bond motifs is 1. The van der Waals surface area contributed by atoms with Gasteiger partial charge in [0.05, 0.1) is 30.2 Å². The third-order valence-corrected chi connectivity index (χ3v) is 5.76. The van der Waals surface area contributed by atoms with E-state index in [-0.39, 0.29) is 24.0 Å². The minimum atomic E-state index is -0.872. The van der Waals surface area contributed by atoms with Gasteiger partial charge in [0.2, 0.25) is 11.8 Å². The molecule has 4 heterocycles. The van der Waals surface area contributed by atoms with Crippen LogP contribution in [0.1, 0.15) is 5.56 Å². The molecule has 2 amide bonds. The van der Waals surface area contributed by atoms with Crippen molar-refractivity contribution in [1.29, 1.82) is 0 Å². The maximum atomic E-state index is 14.3. The lowest BCUT2D eigenvalue weighted by Gasteiger charge is -2.23. The summed E-state index contributed by atoms with van der Waals surface area (Å²) >= 11 is 0. The number of para-hydroxylation sites is 1. The Morgan fingerprint density at radius 3 is 2.86 bits per heavy atom. The minimum Gasteiger partial charge on any atom is -0.360 e. The van der Waals surface area contributed by atoms with Crippen LogP contribution in [0, 0.1) is 17.7 Å². The zero-order chi connectivity index (χ0) is 19.3. The number of ether oxygens (including phenoxy) is 1. The van der Waals surface area contributed by atoms with Crippen molar-refractivity contribution in [3.8, 4) is 0 Å². The standard InChI is InChI=1S/C21H18FN3O3/c22-14-3-1-2-4-15(14)25-12-21-8-5-16(28-21)17(18(21)20(25)27)19(26)24-11-13-6-9-23-10-7-13/h1-10,16-18H,11-12H2,(H,24,26). The largest absolute Gasteiger partial charge is 0.360 e. The SMILES string of the molecule is O=C(NCc1ccncc1)C1C2C=CC3(CN(c4ccccc4F)C(=O)C13)O2. The number of benzene rings is 1. The first kappa shape index (κ1) is 17.1. The maximum Gasteiger partial charge on any atom is 0.234 e. The normalized spacial score (nSPS) is 30.0. The molecule has 0 saturated carbocycles. The number of aromatic nitrogens is 1. The van der Waals surface area contributed by atoms with Crippen molar-refractivity contribution >= 4 is 17.5 Å². The third-order valence-electron chi connectivity index (χ3n) is 5.76. The second-order valence-electron chi connectivity index (χ2n) is 7.35. The van der Waals surface area contributed by atoms with Crippen LogP contribution in [0.2, 0.25) is 0 Å². The lowest BCUT2D eigenvalue weighted by Crippen LogP contribution is -2.44. The quantitative estimate of drug-likeness (QED) is 0.823. The monoisotopic (exact) mass is 379 g/mol. The van der Waals surface area contributed by atoms with Gasteiger partial charge in [-0.2, -0.15) is 0 Å². The van der Waals surface area contributed by atoms with Gasteiger partial charge in [0, 0.05) is 18.9 Å². The number of halogens is 1. The number of hydrogen-bond acceptors (Lipinski definition) is 4. The molecule has 2 aromatic rings. The number of hydrogen-bond donors (Lipinski definition) is 1. The van der Waals surface area contributed by atoms with E-state index >= 15 is 0 Å². The predicted octanol–water partition coefficient (Wildman–Crippen LogP) is 1.82. The summed E-state index contributed by atoms with van der Waals surface area (Å²) in [5, 5.41) is 2.90. The number of nitrogens with zero attached hydrogens (tertiary/aromatic N) is 2. The van der Waals surface area contributed by atoms with Crippen LogP contribution in [0.3, 0.4) is 0 Å². The number of anilines is 1. The molecule has 142 valence electrons. The lowest BCUT2D eigenvalue weighted by molar-refractivity contribution is -0.132. The van der Waals surface area contributed by atoms with Crippen molar-refractivity contribution < 1.29 is 18.7 Å². The highest BCUT2D eigenvalue weighted by atomic mass is 19.1. The molecule has 0 radical (unpaired) electrons. The fraction of sp³-hybridized carbons (Fsp3) is 0.286. The molecule has 0 aliphatic carbocycles. The van der Waals surface area contributed by atoms with Gasteiger partial charge >= 0.3 is 0 Å².